The van der Waals surface area contributed by atoms with Crippen LogP contribution in [0.5, 0.6) is 0 Å². The Morgan fingerprint density at radius 3 is 2.67 bits per heavy atom. The molecule has 15 heavy (non-hydrogen) atoms. The monoisotopic (exact) mass is 232 g/mol. The van der Waals surface area contributed by atoms with Crippen molar-refractivity contribution >= 4 is 24.0 Å². The highest BCUT2D eigenvalue weighted by molar-refractivity contribution is 6.28. The fourth-order valence-corrected chi connectivity index (χ4v) is 1.42. The Morgan fingerprint density at radius 2 is 2.20 bits per heavy atom. The van der Waals surface area contributed by atoms with E-state index in [0.29, 0.717) is 5.92 Å². The molecule has 0 aliphatic heterocycles. The third-order valence-corrected chi connectivity index (χ3v) is 2.66. The predicted molar refractivity (Wildman–Crippen MR) is 53.9 cm³/mol. The zero-order chi connectivity index (χ0) is 11.5. The summed E-state index contributed by atoms with van der Waals surface area (Å²) < 4.78 is 8.92. The second kappa shape index (κ2) is 4.66. The van der Waals surface area contributed by atoms with Crippen molar-refractivity contribution in [2.45, 2.75) is 20.3 Å². The number of carbonyl (C=O) groups excluding carboxylic acids is 2. The fraction of sp³-hybridized carbons (Fsp3) is 0.600. The molecule has 1 aliphatic carbocycles. The minimum Gasteiger partial charge on any atom is -0.471 e. The Hall–Kier alpha value is -1.03. The van der Waals surface area contributed by atoms with Crippen LogP contribution in [-0.4, -0.2) is 19.0 Å². The number of halogens is 1. The maximum absolute atomic E-state index is 10.7. The van der Waals surface area contributed by atoms with Gasteiger partial charge in [-0.1, -0.05) is 13.8 Å². The Kier molecular flexibility index (Phi) is 3.74. The van der Waals surface area contributed by atoms with E-state index in [1.807, 2.05) is 0 Å². The van der Waals surface area contributed by atoms with Gasteiger partial charge in [-0.05, 0) is 35.4 Å². The second-order valence-electron chi connectivity index (χ2n) is 4.14. The van der Waals surface area contributed by atoms with Gasteiger partial charge < -0.3 is 9.47 Å². The molecule has 0 aromatic rings. The summed E-state index contributed by atoms with van der Waals surface area (Å²) in [5.41, 5.74) is 0.271. The van der Waals surface area contributed by atoms with Crippen LogP contribution in [-0.2, 0) is 19.1 Å². The van der Waals surface area contributed by atoms with E-state index in [0.717, 1.165) is 6.42 Å². The molecule has 1 aliphatic rings. The summed E-state index contributed by atoms with van der Waals surface area (Å²) >= 11 is 5.73. The van der Waals surface area contributed by atoms with Gasteiger partial charge in [-0.15, -0.1) is 0 Å². The van der Waals surface area contributed by atoms with Gasteiger partial charge in [0.15, 0.2) is 11.8 Å². The average Bonchev–Trinajstić information content (AvgIpc) is 2.71. The van der Waals surface area contributed by atoms with Crippen molar-refractivity contribution in [3.05, 3.63) is 11.3 Å². The lowest BCUT2D eigenvalue weighted by atomic mass is 10.1. The summed E-state index contributed by atoms with van der Waals surface area (Å²) in [4.78, 5) is 20.5. The molecule has 1 saturated carbocycles. The molecule has 0 bridgehead atoms. The van der Waals surface area contributed by atoms with Crippen LogP contribution in [0, 0.1) is 11.3 Å². The number of esters is 1. The van der Waals surface area contributed by atoms with Crippen LogP contribution in [0.4, 0.5) is 0 Å². The summed E-state index contributed by atoms with van der Waals surface area (Å²) in [5, 5.41) is 0.174. The van der Waals surface area contributed by atoms with Crippen LogP contribution >= 0.6 is 11.6 Å². The largest absolute Gasteiger partial charge is 0.471 e. The van der Waals surface area contributed by atoms with Gasteiger partial charge in [-0.2, -0.15) is 0 Å². The SMILES string of the molecule is CC1(C)CC1C=C(Cl)OCC(=O)OC=O. The minimum absolute atomic E-state index is 0.0628. The smallest absolute Gasteiger partial charge is 0.351 e. The number of carbonyl (C=O) groups is 2. The van der Waals surface area contributed by atoms with Gasteiger partial charge in [0.1, 0.15) is 0 Å². The molecule has 0 aromatic heterocycles. The van der Waals surface area contributed by atoms with Crippen molar-refractivity contribution < 1.29 is 19.1 Å². The van der Waals surface area contributed by atoms with E-state index in [-0.39, 0.29) is 23.7 Å². The maximum Gasteiger partial charge on any atom is 0.351 e. The molecular weight excluding hydrogens is 220 g/mol. The molecule has 0 aromatic carbocycles. The molecule has 1 atom stereocenters. The zero-order valence-electron chi connectivity index (χ0n) is 8.66. The van der Waals surface area contributed by atoms with Crippen molar-refractivity contribution in [2.24, 2.45) is 11.3 Å². The highest BCUT2D eigenvalue weighted by Gasteiger charge is 2.44. The standard InChI is InChI=1S/C10H13ClO4/c1-10(2)4-7(10)3-8(11)14-5-9(13)15-6-12/h3,6-7H,4-5H2,1-2H3. The first-order chi connectivity index (χ1) is 6.95. The highest BCUT2D eigenvalue weighted by Crippen LogP contribution is 2.53. The Bertz CT molecular complexity index is 296. The van der Waals surface area contributed by atoms with E-state index >= 15 is 0 Å². The summed E-state index contributed by atoms with van der Waals surface area (Å²) in [6.45, 7) is 3.96. The van der Waals surface area contributed by atoms with Crippen molar-refractivity contribution in [2.75, 3.05) is 6.61 Å². The lowest BCUT2D eigenvalue weighted by Crippen LogP contribution is -2.10. The van der Waals surface area contributed by atoms with Crippen LogP contribution < -0.4 is 0 Å². The second-order valence-corrected chi connectivity index (χ2v) is 4.52. The summed E-state index contributed by atoms with van der Waals surface area (Å²) in [6.07, 6.45) is 2.83. The van der Waals surface area contributed by atoms with E-state index in [4.69, 9.17) is 16.3 Å². The van der Waals surface area contributed by atoms with Crippen LogP contribution in [0.1, 0.15) is 20.3 Å². The topological polar surface area (TPSA) is 52.6 Å². The first-order valence-electron chi connectivity index (χ1n) is 4.59. The van der Waals surface area contributed by atoms with Crippen molar-refractivity contribution in [1.82, 2.24) is 0 Å². The van der Waals surface area contributed by atoms with E-state index in [1.165, 1.54) is 0 Å². The third kappa shape index (κ3) is 3.91. The molecule has 4 nitrogen and oxygen atoms in total. The van der Waals surface area contributed by atoms with Gasteiger partial charge in [-0.25, -0.2) is 4.79 Å². The fourth-order valence-electron chi connectivity index (χ4n) is 1.21. The Morgan fingerprint density at radius 1 is 1.60 bits per heavy atom. The molecule has 0 radical (unpaired) electrons. The van der Waals surface area contributed by atoms with Gasteiger partial charge in [0, 0.05) is 0 Å². The lowest BCUT2D eigenvalue weighted by molar-refractivity contribution is -0.153. The number of rotatable bonds is 5. The number of hydrogen-bond donors (Lipinski definition) is 0. The normalized spacial score (nSPS) is 23.1. The van der Waals surface area contributed by atoms with E-state index in [2.05, 4.69) is 18.6 Å². The van der Waals surface area contributed by atoms with Crippen LogP contribution in [0.2, 0.25) is 0 Å². The average molecular weight is 233 g/mol. The zero-order valence-corrected chi connectivity index (χ0v) is 9.41. The number of hydrogen-bond acceptors (Lipinski definition) is 4. The van der Waals surface area contributed by atoms with E-state index in [9.17, 15) is 9.59 Å². The number of ether oxygens (including phenoxy) is 2. The molecule has 1 fully saturated rings. The third-order valence-electron chi connectivity index (χ3n) is 2.43. The molecule has 84 valence electrons. The van der Waals surface area contributed by atoms with Gasteiger partial charge >= 0.3 is 12.4 Å². The molecule has 0 N–H and O–H groups in total. The molecule has 1 unspecified atom stereocenters. The van der Waals surface area contributed by atoms with Crippen molar-refractivity contribution in [3.8, 4) is 0 Å². The van der Waals surface area contributed by atoms with Crippen LogP contribution in [0.3, 0.4) is 0 Å². The lowest BCUT2D eigenvalue weighted by Gasteiger charge is -2.02. The molecule has 0 heterocycles. The minimum atomic E-state index is -0.758. The summed E-state index contributed by atoms with van der Waals surface area (Å²) in [5.74, 6) is -0.362. The molecule has 0 spiro atoms. The van der Waals surface area contributed by atoms with E-state index in [1.54, 1.807) is 6.08 Å². The summed E-state index contributed by atoms with van der Waals surface area (Å²) in [7, 11) is 0. The van der Waals surface area contributed by atoms with Gasteiger partial charge in [0.25, 0.3) is 0 Å². The summed E-state index contributed by atoms with van der Waals surface area (Å²) in [6, 6.07) is 0. The van der Waals surface area contributed by atoms with Crippen LogP contribution in [0.15, 0.2) is 11.3 Å². The van der Waals surface area contributed by atoms with Gasteiger partial charge in [0.05, 0.1) is 0 Å². The van der Waals surface area contributed by atoms with Crippen LogP contribution in [0.25, 0.3) is 0 Å². The molecule has 0 amide bonds. The Labute approximate surface area is 93.2 Å². The van der Waals surface area contributed by atoms with E-state index < -0.39 is 5.97 Å². The molecule has 5 heteroatoms. The maximum atomic E-state index is 10.7. The first kappa shape index (κ1) is 12.0. The predicted octanol–water partition coefficient (Wildman–Crippen LogP) is 1.83. The van der Waals surface area contributed by atoms with Crippen molar-refractivity contribution in [1.29, 1.82) is 0 Å². The Balaban J connectivity index is 2.27. The number of allylic oxidation sites excluding steroid dienone is 1. The quantitative estimate of drug-likeness (QED) is 0.314. The highest BCUT2D eigenvalue weighted by atomic mass is 35.5. The van der Waals surface area contributed by atoms with Gasteiger partial charge in [0.2, 0.25) is 0 Å². The molecule has 0 saturated heterocycles. The molecule has 1 rings (SSSR count). The van der Waals surface area contributed by atoms with Gasteiger partial charge in [-0.3, -0.25) is 4.79 Å². The molecular formula is C10H13ClO4. The first-order valence-corrected chi connectivity index (χ1v) is 4.97. The van der Waals surface area contributed by atoms with Crippen molar-refractivity contribution in [3.63, 3.8) is 0 Å².